The summed E-state index contributed by atoms with van der Waals surface area (Å²) in [4.78, 5) is 12.1. The summed E-state index contributed by atoms with van der Waals surface area (Å²) in [5.74, 6) is 4.02. The van der Waals surface area contributed by atoms with Crippen LogP contribution in [0.25, 0.3) is 0 Å². The van der Waals surface area contributed by atoms with Crippen molar-refractivity contribution in [2.75, 3.05) is 0 Å². The quantitative estimate of drug-likeness (QED) is 0.431. The molecule has 0 aromatic heterocycles. The third-order valence-electron chi connectivity index (χ3n) is 13.0. The molecule has 0 aliphatic heterocycles. The van der Waals surface area contributed by atoms with E-state index in [0.717, 1.165) is 42.4 Å². The Morgan fingerprint density at radius 1 is 0.818 bits per heavy atom. The maximum Gasteiger partial charge on any atom is 0.307 e. The van der Waals surface area contributed by atoms with Gasteiger partial charge in [-0.15, -0.1) is 0 Å². The largest absolute Gasteiger partial charge is 0.481 e. The van der Waals surface area contributed by atoms with Crippen LogP contribution in [0.2, 0.25) is 0 Å². The first kappa shape index (κ1) is 25.6. The smallest absolute Gasteiger partial charge is 0.307 e. The van der Waals surface area contributed by atoms with Crippen molar-refractivity contribution >= 4 is 5.97 Å². The highest BCUT2D eigenvalue weighted by Crippen LogP contribution is 2.75. The molecule has 4 aliphatic rings. The Balaban J connectivity index is 1.56. The van der Waals surface area contributed by atoms with Crippen molar-refractivity contribution in [2.45, 2.75) is 126 Å². The van der Waals surface area contributed by atoms with Crippen LogP contribution in [0.3, 0.4) is 0 Å². The van der Waals surface area contributed by atoms with E-state index in [9.17, 15) is 9.90 Å². The second-order valence-corrected chi connectivity index (χ2v) is 14.9. The van der Waals surface area contributed by atoms with Gasteiger partial charge in [0.25, 0.3) is 0 Å². The minimum Gasteiger partial charge on any atom is -0.481 e. The SMILES string of the molecule is CC(C)CCC[C@@H](C)[C@H]1CC[C@@]2(C)[C@@H]3CC[C@H]4C(C)(C)[C@@H](C(=O)O)CC[C@]4(C)[C@H]3CC[C@]12C. The second-order valence-electron chi connectivity index (χ2n) is 14.9. The van der Waals surface area contributed by atoms with E-state index in [0.29, 0.717) is 22.2 Å². The number of hydrogen-bond acceptors (Lipinski definition) is 1. The fourth-order valence-corrected chi connectivity index (χ4v) is 11.0. The molecule has 4 rings (SSSR count). The first-order valence-electron chi connectivity index (χ1n) is 14.5. The Hall–Kier alpha value is -0.530. The number of carboxylic acids is 1. The van der Waals surface area contributed by atoms with Gasteiger partial charge < -0.3 is 5.11 Å². The molecular formula is C31H54O2. The summed E-state index contributed by atoms with van der Waals surface area (Å²) in [6.07, 6.45) is 14.4. The van der Waals surface area contributed by atoms with E-state index in [1.54, 1.807) is 0 Å². The molecule has 33 heavy (non-hydrogen) atoms. The van der Waals surface area contributed by atoms with Crippen molar-refractivity contribution in [1.29, 1.82) is 0 Å². The molecular weight excluding hydrogens is 404 g/mol. The molecule has 0 bridgehead atoms. The molecule has 0 radical (unpaired) electrons. The fraction of sp³-hybridized carbons (Fsp3) is 0.968. The van der Waals surface area contributed by atoms with E-state index < -0.39 is 5.97 Å². The summed E-state index contributed by atoms with van der Waals surface area (Å²) in [7, 11) is 0. The Bertz CT molecular complexity index is 739. The van der Waals surface area contributed by atoms with Gasteiger partial charge in [-0.05, 0) is 109 Å². The molecule has 190 valence electrons. The van der Waals surface area contributed by atoms with Gasteiger partial charge in [0.1, 0.15) is 0 Å². The lowest BCUT2D eigenvalue weighted by Crippen LogP contribution is -2.61. The highest BCUT2D eigenvalue weighted by molar-refractivity contribution is 5.71. The van der Waals surface area contributed by atoms with E-state index in [1.165, 1.54) is 57.8 Å². The standard InChI is InChI=1S/C31H54O2/c1-20(2)10-9-11-21(3)22-15-18-31(8)24-12-13-26-28(4,5)25(27(32)33)14-17-29(26,6)23(24)16-19-30(22,31)7/h20-26H,9-19H2,1-8H3,(H,32,33)/t21-,22-,23+,24-,25-,26+,29-,30-,31+/m1/s1. The summed E-state index contributed by atoms with van der Waals surface area (Å²) >= 11 is 0. The molecule has 4 fully saturated rings. The van der Waals surface area contributed by atoms with Crippen LogP contribution in [0.4, 0.5) is 0 Å². The lowest BCUT2D eigenvalue weighted by Gasteiger charge is -2.67. The first-order chi connectivity index (χ1) is 15.3. The van der Waals surface area contributed by atoms with E-state index >= 15 is 0 Å². The zero-order chi connectivity index (χ0) is 24.4. The summed E-state index contributed by atoms with van der Waals surface area (Å²) in [6.45, 7) is 19.8. The molecule has 2 heteroatoms. The molecule has 0 saturated heterocycles. The normalized spacial score (nSPS) is 47.5. The Morgan fingerprint density at radius 3 is 2.12 bits per heavy atom. The van der Waals surface area contributed by atoms with E-state index in [-0.39, 0.29) is 11.3 Å². The van der Waals surface area contributed by atoms with Crippen molar-refractivity contribution in [3.05, 3.63) is 0 Å². The molecule has 1 N–H and O–H groups in total. The molecule has 0 spiro atoms. The molecule has 4 aliphatic carbocycles. The summed E-state index contributed by atoms with van der Waals surface area (Å²) in [5.41, 5.74) is 1.19. The molecule has 4 saturated carbocycles. The van der Waals surface area contributed by atoms with Gasteiger partial charge >= 0.3 is 5.97 Å². The summed E-state index contributed by atoms with van der Waals surface area (Å²) < 4.78 is 0. The minimum absolute atomic E-state index is 0.0887. The minimum atomic E-state index is -0.558. The predicted octanol–water partition coefficient (Wildman–Crippen LogP) is 8.83. The van der Waals surface area contributed by atoms with Crippen molar-refractivity contribution in [3.8, 4) is 0 Å². The van der Waals surface area contributed by atoms with Crippen molar-refractivity contribution in [2.24, 2.45) is 63.1 Å². The van der Waals surface area contributed by atoms with Crippen LogP contribution in [-0.4, -0.2) is 11.1 Å². The zero-order valence-electron chi connectivity index (χ0n) is 23.2. The highest BCUT2D eigenvalue weighted by Gasteiger charge is 2.67. The van der Waals surface area contributed by atoms with Crippen LogP contribution in [0.1, 0.15) is 126 Å². The lowest BCUT2D eigenvalue weighted by molar-refractivity contribution is -0.196. The van der Waals surface area contributed by atoms with Crippen LogP contribution in [0.5, 0.6) is 0 Å². The van der Waals surface area contributed by atoms with Gasteiger partial charge in [-0.3, -0.25) is 4.79 Å². The van der Waals surface area contributed by atoms with Crippen LogP contribution < -0.4 is 0 Å². The number of carboxylic acid groups (broad SMARTS) is 1. The van der Waals surface area contributed by atoms with Gasteiger partial charge in [-0.2, -0.15) is 0 Å². The maximum atomic E-state index is 12.1. The maximum absolute atomic E-state index is 12.1. The lowest BCUT2D eigenvalue weighted by atomic mass is 9.37. The average Bonchev–Trinajstić information content (AvgIpc) is 2.98. The van der Waals surface area contributed by atoms with Gasteiger partial charge in [-0.1, -0.05) is 74.7 Å². The van der Waals surface area contributed by atoms with Crippen LogP contribution in [0.15, 0.2) is 0 Å². The Kier molecular flexibility index (Phi) is 6.62. The van der Waals surface area contributed by atoms with Crippen LogP contribution >= 0.6 is 0 Å². The topological polar surface area (TPSA) is 37.3 Å². The number of rotatable bonds is 6. The van der Waals surface area contributed by atoms with Crippen molar-refractivity contribution < 1.29 is 9.90 Å². The number of carbonyl (C=O) groups is 1. The molecule has 0 unspecified atom stereocenters. The third-order valence-corrected chi connectivity index (χ3v) is 13.0. The number of aliphatic carboxylic acids is 1. The van der Waals surface area contributed by atoms with Gasteiger partial charge in [0.05, 0.1) is 5.92 Å². The fourth-order valence-electron chi connectivity index (χ4n) is 11.0. The van der Waals surface area contributed by atoms with Crippen molar-refractivity contribution in [3.63, 3.8) is 0 Å². The number of hydrogen-bond donors (Lipinski definition) is 1. The van der Waals surface area contributed by atoms with Gasteiger partial charge in [-0.25, -0.2) is 0 Å². The predicted molar refractivity (Wildman–Crippen MR) is 138 cm³/mol. The van der Waals surface area contributed by atoms with E-state index in [1.807, 2.05) is 0 Å². The number of fused-ring (bicyclic) bond motifs is 5. The monoisotopic (exact) mass is 458 g/mol. The first-order valence-corrected chi connectivity index (χ1v) is 14.5. The molecule has 0 heterocycles. The molecule has 0 aromatic carbocycles. The van der Waals surface area contributed by atoms with Gasteiger partial charge in [0.15, 0.2) is 0 Å². The van der Waals surface area contributed by atoms with Gasteiger partial charge in [0, 0.05) is 0 Å². The Morgan fingerprint density at radius 2 is 1.48 bits per heavy atom. The third kappa shape index (κ3) is 3.74. The van der Waals surface area contributed by atoms with Crippen molar-refractivity contribution in [1.82, 2.24) is 0 Å². The summed E-state index contributed by atoms with van der Waals surface area (Å²) in [6, 6.07) is 0. The molecule has 9 atom stereocenters. The molecule has 0 aromatic rings. The average molecular weight is 459 g/mol. The second kappa shape index (κ2) is 8.55. The Labute approximate surface area is 205 Å². The zero-order valence-corrected chi connectivity index (χ0v) is 23.2. The van der Waals surface area contributed by atoms with Crippen LogP contribution in [-0.2, 0) is 4.79 Å². The molecule has 2 nitrogen and oxygen atoms in total. The van der Waals surface area contributed by atoms with E-state index in [4.69, 9.17) is 0 Å². The molecule has 0 amide bonds. The van der Waals surface area contributed by atoms with Gasteiger partial charge in [0.2, 0.25) is 0 Å². The summed E-state index contributed by atoms with van der Waals surface area (Å²) in [5, 5.41) is 9.95. The van der Waals surface area contributed by atoms with Crippen LogP contribution in [0, 0.1) is 63.1 Å². The highest BCUT2D eigenvalue weighted by atomic mass is 16.4. The van der Waals surface area contributed by atoms with E-state index in [2.05, 4.69) is 55.4 Å².